The Morgan fingerprint density at radius 2 is 1.96 bits per heavy atom. The lowest BCUT2D eigenvalue weighted by Crippen LogP contribution is -2.51. The van der Waals surface area contributed by atoms with Gasteiger partial charge in [0.15, 0.2) is 0 Å². The number of aliphatic hydroxyl groups is 1. The van der Waals surface area contributed by atoms with E-state index in [0.717, 1.165) is 17.5 Å². The normalized spacial score (nSPS) is 38.8. The number of aliphatic hydroxyl groups excluding tert-OH is 1. The number of hydrogen-bond donors (Lipinski definition) is 3. The predicted octanol–water partition coefficient (Wildman–Crippen LogP) is 3.16. The van der Waals surface area contributed by atoms with Crippen molar-refractivity contribution >= 4 is 6.03 Å². The molecule has 2 amide bonds. The molecule has 4 heteroatoms. The Hall–Kier alpha value is -1.55. The first kappa shape index (κ1) is 15.9. The van der Waals surface area contributed by atoms with Crippen LogP contribution in [0.25, 0.3) is 0 Å². The molecule has 0 radical (unpaired) electrons. The molecule has 0 aromatic heterocycles. The summed E-state index contributed by atoms with van der Waals surface area (Å²) < 4.78 is 0. The Balaban J connectivity index is 1.45. The van der Waals surface area contributed by atoms with Crippen molar-refractivity contribution in [1.82, 2.24) is 10.6 Å². The molecular formula is C20H28N2O2. The van der Waals surface area contributed by atoms with Crippen molar-refractivity contribution in [2.45, 2.75) is 64.6 Å². The molecule has 0 heterocycles. The van der Waals surface area contributed by atoms with Gasteiger partial charge in [0.25, 0.3) is 0 Å². The van der Waals surface area contributed by atoms with E-state index in [0.29, 0.717) is 12.3 Å². The largest absolute Gasteiger partial charge is 0.390 e. The lowest BCUT2D eigenvalue weighted by atomic mass is 9.69. The summed E-state index contributed by atoms with van der Waals surface area (Å²) in [6.07, 6.45) is 3.60. The highest BCUT2D eigenvalue weighted by molar-refractivity contribution is 5.75. The maximum atomic E-state index is 12.6. The number of carbonyl (C=O) groups is 1. The van der Waals surface area contributed by atoms with E-state index in [1.807, 2.05) is 24.3 Å². The molecule has 2 saturated carbocycles. The summed E-state index contributed by atoms with van der Waals surface area (Å²) in [5.41, 5.74) is 2.62. The molecule has 1 aromatic carbocycles. The Labute approximate surface area is 144 Å². The van der Waals surface area contributed by atoms with E-state index in [9.17, 15) is 9.90 Å². The van der Waals surface area contributed by atoms with E-state index in [2.05, 4.69) is 31.4 Å². The minimum Gasteiger partial charge on any atom is -0.390 e. The Morgan fingerprint density at radius 3 is 2.62 bits per heavy atom. The highest BCUT2D eigenvalue weighted by Gasteiger charge is 2.61. The zero-order valence-corrected chi connectivity index (χ0v) is 14.8. The number of hydrogen-bond acceptors (Lipinski definition) is 2. The van der Waals surface area contributed by atoms with Crippen LogP contribution in [0.5, 0.6) is 0 Å². The van der Waals surface area contributed by atoms with E-state index < -0.39 is 6.10 Å². The Morgan fingerprint density at radius 1 is 1.21 bits per heavy atom. The lowest BCUT2D eigenvalue weighted by Gasteiger charge is -2.39. The molecule has 0 aliphatic heterocycles. The Bertz CT molecular complexity index is 671. The molecule has 3 aliphatic rings. The van der Waals surface area contributed by atoms with Crippen molar-refractivity contribution in [2.75, 3.05) is 0 Å². The quantitative estimate of drug-likeness (QED) is 0.781. The first-order chi connectivity index (χ1) is 11.3. The van der Waals surface area contributed by atoms with Gasteiger partial charge in [0.2, 0.25) is 0 Å². The van der Waals surface area contributed by atoms with Gasteiger partial charge in [0.05, 0.1) is 12.1 Å². The molecule has 0 spiro atoms. The summed E-state index contributed by atoms with van der Waals surface area (Å²) in [5.74, 6) is 0.700. The fraction of sp³-hybridized carbons (Fsp3) is 0.650. The van der Waals surface area contributed by atoms with Gasteiger partial charge in [-0.25, -0.2) is 4.79 Å². The van der Waals surface area contributed by atoms with Crippen molar-refractivity contribution < 1.29 is 9.90 Å². The number of carbonyl (C=O) groups excluding carboxylic acids is 1. The first-order valence-electron chi connectivity index (χ1n) is 9.16. The molecule has 24 heavy (non-hydrogen) atoms. The van der Waals surface area contributed by atoms with Crippen LogP contribution in [0.1, 0.15) is 57.2 Å². The number of amides is 2. The highest BCUT2D eigenvalue weighted by Crippen LogP contribution is 2.65. The molecule has 1 aromatic rings. The topological polar surface area (TPSA) is 61.4 Å². The molecule has 3 N–H and O–H groups in total. The molecule has 0 saturated heterocycles. The van der Waals surface area contributed by atoms with Crippen molar-refractivity contribution in [2.24, 2.45) is 16.7 Å². The van der Waals surface area contributed by atoms with Crippen LogP contribution < -0.4 is 10.6 Å². The van der Waals surface area contributed by atoms with E-state index in [4.69, 9.17) is 0 Å². The maximum absolute atomic E-state index is 12.6. The van der Waals surface area contributed by atoms with Gasteiger partial charge in [-0.3, -0.25) is 0 Å². The summed E-state index contributed by atoms with van der Waals surface area (Å²) >= 11 is 0. The van der Waals surface area contributed by atoms with Gasteiger partial charge in [-0.15, -0.1) is 0 Å². The van der Waals surface area contributed by atoms with Gasteiger partial charge in [-0.05, 0) is 47.1 Å². The smallest absolute Gasteiger partial charge is 0.315 e. The summed E-state index contributed by atoms with van der Waals surface area (Å²) in [6.45, 7) is 7.02. The van der Waals surface area contributed by atoms with E-state index in [1.165, 1.54) is 12.8 Å². The van der Waals surface area contributed by atoms with E-state index >= 15 is 0 Å². The molecule has 5 atom stereocenters. The molecule has 2 fully saturated rings. The van der Waals surface area contributed by atoms with Crippen molar-refractivity contribution in [1.29, 1.82) is 0 Å². The van der Waals surface area contributed by atoms with Crippen LogP contribution in [0, 0.1) is 16.7 Å². The van der Waals surface area contributed by atoms with Gasteiger partial charge in [0.1, 0.15) is 0 Å². The van der Waals surface area contributed by atoms with Crippen LogP contribution in [0.3, 0.4) is 0 Å². The monoisotopic (exact) mass is 328 g/mol. The van der Waals surface area contributed by atoms with Gasteiger partial charge in [-0.1, -0.05) is 45.0 Å². The van der Waals surface area contributed by atoms with Crippen LogP contribution in [0.4, 0.5) is 4.79 Å². The second kappa shape index (κ2) is 5.22. The zero-order valence-electron chi connectivity index (χ0n) is 14.8. The Kier molecular flexibility index (Phi) is 3.47. The van der Waals surface area contributed by atoms with Crippen LogP contribution in [0.15, 0.2) is 24.3 Å². The summed E-state index contributed by atoms with van der Waals surface area (Å²) in [5, 5.41) is 16.6. The van der Waals surface area contributed by atoms with E-state index in [-0.39, 0.29) is 28.9 Å². The number of benzene rings is 1. The summed E-state index contributed by atoms with van der Waals surface area (Å²) in [7, 11) is 0. The number of urea groups is 1. The maximum Gasteiger partial charge on any atom is 0.315 e. The molecule has 4 rings (SSSR count). The zero-order chi connectivity index (χ0) is 17.1. The van der Waals surface area contributed by atoms with Crippen LogP contribution in [-0.4, -0.2) is 23.3 Å². The average molecular weight is 328 g/mol. The molecule has 2 bridgehead atoms. The SMILES string of the molecule is CC1(C)C2CCC1(C)C(NC(=O)N[C@@H]1c3ccccc3C[C@@H]1O)C2. The van der Waals surface area contributed by atoms with Crippen molar-refractivity contribution in [3.63, 3.8) is 0 Å². The van der Waals surface area contributed by atoms with Gasteiger partial charge < -0.3 is 15.7 Å². The third-order valence-electron chi connectivity index (χ3n) is 7.59. The van der Waals surface area contributed by atoms with Crippen LogP contribution in [-0.2, 0) is 6.42 Å². The molecule has 130 valence electrons. The standard InChI is InChI=1S/C20H28N2O2/c1-19(2)13-8-9-20(19,3)16(11-13)21-18(24)22-17-14-7-5-4-6-12(14)10-15(17)23/h4-7,13,15-17,23H,8-11H2,1-3H3,(H2,21,22,24)/t13?,15-,16?,17+,20?/m0/s1. The van der Waals surface area contributed by atoms with Crippen molar-refractivity contribution in [3.05, 3.63) is 35.4 Å². The average Bonchev–Trinajstić information content (AvgIpc) is 3.02. The van der Waals surface area contributed by atoms with Crippen molar-refractivity contribution in [3.8, 4) is 0 Å². The minimum atomic E-state index is -0.541. The first-order valence-corrected chi connectivity index (χ1v) is 9.16. The predicted molar refractivity (Wildman–Crippen MR) is 93.6 cm³/mol. The number of rotatable bonds is 2. The molecular weight excluding hydrogens is 300 g/mol. The summed E-state index contributed by atoms with van der Waals surface area (Å²) in [4.78, 5) is 12.6. The van der Waals surface area contributed by atoms with Gasteiger partial charge in [-0.2, -0.15) is 0 Å². The molecule has 3 aliphatic carbocycles. The lowest BCUT2D eigenvalue weighted by molar-refractivity contribution is 0.118. The van der Waals surface area contributed by atoms with Gasteiger partial charge >= 0.3 is 6.03 Å². The summed E-state index contributed by atoms with van der Waals surface area (Å²) in [6, 6.07) is 7.73. The highest BCUT2D eigenvalue weighted by atomic mass is 16.3. The van der Waals surface area contributed by atoms with Gasteiger partial charge in [0, 0.05) is 12.5 Å². The molecule has 4 nitrogen and oxygen atoms in total. The number of fused-ring (bicyclic) bond motifs is 3. The van der Waals surface area contributed by atoms with Crippen LogP contribution in [0.2, 0.25) is 0 Å². The minimum absolute atomic E-state index is 0.148. The third kappa shape index (κ3) is 2.12. The van der Waals surface area contributed by atoms with E-state index in [1.54, 1.807) is 0 Å². The number of nitrogens with one attached hydrogen (secondary N) is 2. The second-order valence-corrected chi connectivity index (χ2v) is 8.73. The third-order valence-corrected chi connectivity index (χ3v) is 7.59. The fourth-order valence-electron chi connectivity index (χ4n) is 5.51. The fourth-order valence-corrected chi connectivity index (χ4v) is 5.51. The second-order valence-electron chi connectivity index (χ2n) is 8.73. The molecule has 3 unspecified atom stereocenters. The van der Waals surface area contributed by atoms with Crippen LogP contribution >= 0.6 is 0 Å².